The number of hydrogen-bond donors (Lipinski definition) is 2. The van der Waals surface area contributed by atoms with Gasteiger partial charge in [-0.15, -0.1) is 0 Å². The highest BCUT2D eigenvalue weighted by molar-refractivity contribution is 6.08. The van der Waals surface area contributed by atoms with Gasteiger partial charge in [-0.05, 0) is 83.4 Å². The van der Waals surface area contributed by atoms with E-state index in [2.05, 4.69) is 6.08 Å². The summed E-state index contributed by atoms with van der Waals surface area (Å²) in [5, 5.41) is 20.0. The number of carbonyl (C=O) groups excluding carboxylic acids is 1. The molecule has 3 heteroatoms. The van der Waals surface area contributed by atoms with Crippen LogP contribution in [0.3, 0.4) is 0 Å². The molecule has 0 saturated carbocycles. The van der Waals surface area contributed by atoms with Crippen LogP contribution in [0.4, 0.5) is 0 Å². The average molecular weight is 344 g/mol. The number of hydrogen-bond acceptors (Lipinski definition) is 3. The minimum atomic E-state index is -0.610. The van der Waals surface area contributed by atoms with Gasteiger partial charge in [-0.1, -0.05) is 24.3 Å². The highest BCUT2D eigenvalue weighted by Gasteiger charge is 2.38. The van der Waals surface area contributed by atoms with Crippen molar-refractivity contribution in [3.8, 4) is 5.75 Å². The summed E-state index contributed by atoms with van der Waals surface area (Å²) in [6.45, 7) is 1.74. The number of Topliss-reactive ketones (excluding diaryl/α,β-unsaturated/α-hetero) is 1. The van der Waals surface area contributed by atoms with Gasteiger partial charge in [-0.25, -0.2) is 0 Å². The molecule has 0 saturated heterocycles. The summed E-state index contributed by atoms with van der Waals surface area (Å²) >= 11 is 0. The van der Waals surface area contributed by atoms with Crippen molar-refractivity contribution in [1.82, 2.24) is 0 Å². The minimum Gasteiger partial charge on any atom is -0.508 e. The molecule has 2 unspecified atom stereocenters. The van der Waals surface area contributed by atoms with E-state index in [0.717, 1.165) is 47.1 Å². The maximum atomic E-state index is 13.2. The molecule has 0 amide bonds. The van der Waals surface area contributed by atoms with E-state index >= 15 is 0 Å². The van der Waals surface area contributed by atoms with E-state index in [1.54, 1.807) is 13.0 Å². The van der Waals surface area contributed by atoms with Gasteiger partial charge in [0.2, 0.25) is 0 Å². The van der Waals surface area contributed by atoms with Crippen LogP contribution in [-0.2, 0) is 6.42 Å². The van der Waals surface area contributed by atoms with Crippen LogP contribution in [0.15, 0.2) is 47.5 Å². The van der Waals surface area contributed by atoms with E-state index in [4.69, 9.17) is 0 Å². The Bertz CT molecular complexity index is 1020. The SMILES string of the molecule is CC(O)c1cccc2c1C=C1C3=C(CCC1C2=O)c1cc(O)ccc1C3. The van der Waals surface area contributed by atoms with Crippen LogP contribution in [0.2, 0.25) is 0 Å². The molecule has 3 nitrogen and oxygen atoms in total. The van der Waals surface area contributed by atoms with Crippen LogP contribution < -0.4 is 0 Å². The molecule has 0 heterocycles. The fourth-order valence-electron chi connectivity index (χ4n) is 4.80. The molecule has 0 aliphatic heterocycles. The Kier molecular flexibility index (Phi) is 3.25. The predicted molar refractivity (Wildman–Crippen MR) is 101 cm³/mol. The van der Waals surface area contributed by atoms with Gasteiger partial charge in [-0.2, -0.15) is 0 Å². The van der Waals surface area contributed by atoms with Crippen LogP contribution in [0.5, 0.6) is 5.75 Å². The molecular formula is C23H20O3. The van der Waals surface area contributed by atoms with Gasteiger partial charge >= 0.3 is 0 Å². The molecule has 0 bridgehead atoms. The highest BCUT2D eigenvalue weighted by Crippen LogP contribution is 2.50. The summed E-state index contributed by atoms with van der Waals surface area (Å²) in [5.41, 5.74) is 8.36. The lowest BCUT2D eigenvalue weighted by Gasteiger charge is -2.31. The number of aliphatic hydroxyl groups excluding tert-OH is 1. The Morgan fingerprint density at radius 1 is 1.12 bits per heavy atom. The minimum absolute atomic E-state index is 0.0894. The zero-order valence-electron chi connectivity index (χ0n) is 14.6. The quantitative estimate of drug-likeness (QED) is 0.804. The summed E-state index contributed by atoms with van der Waals surface area (Å²) < 4.78 is 0. The van der Waals surface area contributed by atoms with Crippen LogP contribution in [0.1, 0.15) is 58.5 Å². The molecule has 2 aromatic rings. The zero-order chi connectivity index (χ0) is 18.0. The molecule has 3 aliphatic rings. The van der Waals surface area contributed by atoms with Crippen LogP contribution in [0.25, 0.3) is 11.6 Å². The predicted octanol–water partition coefficient (Wildman–Crippen LogP) is 4.45. The summed E-state index contributed by atoms with van der Waals surface area (Å²) in [6, 6.07) is 11.2. The van der Waals surface area contributed by atoms with Crippen molar-refractivity contribution in [2.45, 2.75) is 32.3 Å². The van der Waals surface area contributed by atoms with Gasteiger partial charge in [0.05, 0.1) is 6.10 Å². The Morgan fingerprint density at radius 3 is 2.77 bits per heavy atom. The van der Waals surface area contributed by atoms with Crippen molar-refractivity contribution >= 4 is 17.4 Å². The van der Waals surface area contributed by atoms with Gasteiger partial charge < -0.3 is 10.2 Å². The number of allylic oxidation sites excluding steroid dienone is 3. The second kappa shape index (κ2) is 5.42. The van der Waals surface area contributed by atoms with Crippen molar-refractivity contribution in [1.29, 1.82) is 0 Å². The van der Waals surface area contributed by atoms with Crippen LogP contribution in [-0.4, -0.2) is 16.0 Å². The second-order valence-corrected chi connectivity index (χ2v) is 7.51. The third kappa shape index (κ3) is 2.07. The molecule has 0 spiro atoms. The Hall–Kier alpha value is -2.65. The first-order chi connectivity index (χ1) is 12.5. The molecule has 2 aromatic carbocycles. The number of ketones is 1. The van der Waals surface area contributed by atoms with Gasteiger partial charge in [0.1, 0.15) is 5.75 Å². The highest BCUT2D eigenvalue weighted by atomic mass is 16.3. The summed E-state index contributed by atoms with van der Waals surface area (Å²) in [7, 11) is 0. The van der Waals surface area contributed by atoms with Crippen molar-refractivity contribution < 1.29 is 15.0 Å². The third-order valence-electron chi connectivity index (χ3n) is 6.03. The Balaban J connectivity index is 1.71. The molecule has 5 rings (SSSR count). The topological polar surface area (TPSA) is 57.5 Å². The van der Waals surface area contributed by atoms with E-state index in [9.17, 15) is 15.0 Å². The van der Waals surface area contributed by atoms with E-state index in [0.29, 0.717) is 0 Å². The summed E-state index contributed by atoms with van der Waals surface area (Å²) in [5.74, 6) is 0.369. The number of phenolic OH excluding ortho intramolecular Hbond substituents is 1. The summed E-state index contributed by atoms with van der Waals surface area (Å²) in [6.07, 6.45) is 4.00. The Labute approximate surface area is 152 Å². The van der Waals surface area contributed by atoms with Crippen molar-refractivity contribution in [2.24, 2.45) is 5.92 Å². The van der Waals surface area contributed by atoms with E-state index in [-0.39, 0.29) is 17.5 Å². The largest absolute Gasteiger partial charge is 0.508 e. The molecular weight excluding hydrogens is 324 g/mol. The molecule has 26 heavy (non-hydrogen) atoms. The third-order valence-corrected chi connectivity index (χ3v) is 6.03. The van der Waals surface area contributed by atoms with Gasteiger partial charge in [0.25, 0.3) is 0 Å². The molecule has 130 valence electrons. The van der Waals surface area contributed by atoms with E-state index in [1.165, 1.54) is 16.7 Å². The average Bonchev–Trinajstić information content (AvgIpc) is 3.00. The van der Waals surface area contributed by atoms with Crippen LogP contribution in [0, 0.1) is 5.92 Å². The zero-order valence-corrected chi connectivity index (χ0v) is 14.6. The molecule has 2 atom stereocenters. The number of benzene rings is 2. The number of carbonyl (C=O) groups is 1. The number of rotatable bonds is 1. The lowest BCUT2D eigenvalue weighted by atomic mass is 9.71. The molecule has 0 aromatic heterocycles. The fraction of sp³-hybridized carbons (Fsp3) is 0.261. The number of aliphatic hydroxyl groups is 1. The lowest BCUT2D eigenvalue weighted by molar-refractivity contribution is 0.0932. The van der Waals surface area contributed by atoms with Crippen molar-refractivity contribution in [2.75, 3.05) is 0 Å². The van der Waals surface area contributed by atoms with E-state index in [1.807, 2.05) is 30.3 Å². The molecule has 2 N–H and O–H groups in total. The fourth-order valence-corrected chi connectivity index (χ4v) is 4.80. The van der Waals surface area contributed by atoms with Crippen molar-refractivity contribution in [3.63, 3.8) is 0 Å². The maximum Gasteiger partial charge on any atom is 0.170 e. The first kappa shape index (κ1) is 15.6. The standard InChI is InChI=1S/C23H20O3/c1-12(24)15-3-2-4-17-21(15)11-22-18(23(17)26)8-7-16-19-10-14(25)6-5-13(19)9-20(16)22/h2-6,10-12,18,24-25H,7-9H2,1H3. The normalized spacial score (nSPS) is 21.5. The summed E-state index contributed by atoms with van der Waals surface area (Å²) in [4.78, 5) is 13.2. The first-order valence-electron chi connectivity index (χ1n) is 9.16. The molecule has 3 aliphatic carbocycles. The number of aromatic hydroxyl groups is 1. The molecule has 0 fully saturated rings. The van der Waals surface area contributed by atoms with Crippen LogP contribution >= 0.6 is 0 Å². The molecule has 0 radical (unpaired) electrons. The van der Waals surface area contributed by atoms with Crippen molar-refractivity contribution in [3.05, 3.63) is 75.4 Å². The van der Waals surface area contributed by atoms with Gasteiger partial charge in [-0.3, -0.25) is 4.79 Å². The second-order valence-electron chi connectivity index (χ2n) is 7.51. The number of phenols is 1. The van der Waals surface area contributed by atoms with E-state index < -0.39 is 6.10 Å². The van der Waals surface area contributed by atoms with Gasteiger partial charge in [0, 0.05) is 11.5 Å². The monoisotopic (exact) mass is 344 g/mol. The lowest BCUT2D eigenvalue weighted by Crippen LogP contribution is -2.26. The number of fused-ring (bicyclic) bond motifs is 5. The smallest absolute Gasteiger partial charge is 0.170 e. The van der Waals surface area contributed by atoms with Gasteiger partial charge in [0.15, 0.2) is 5.78 Å². The Morgan fingerprint density at radius 2 is 1.96 bits per heavy atom. The maximum absolute atomic E-state index is 13.2. The first-order valence-corrected chi connectivity index (χ1v) is 9.16.